The molecule has 1 aliphatic heterocycles. The molecule has 1 heterocycles. The standard InChI is InChI=1S/C19H22ClN3O6S/c1-12(2)11-29-8-5-17(24)21-6-7-22-18(25)16(30-19(22)26)10-13-3-4-14(20)15(9-13)23(27)28/h3-4,9-10,12H,5-8,11H2,1-2H3,(H,21,24)/b16-10-. The molecule has 9 nitrogen and oxygen atoms in total. The minimum absolute atomic E-state index is 0.0180. The van der Waals surface area contributed by atoms with Crippen molar-refractivity contribution in [3.63, 3.8) is 0 Å². The molecule has 1 saturated heterocycles. The summed E-state index contributed by atoms with van der Waals surface area (Å²) >= 11 is 6.52. The Hall–Kier alpha value is -2.43. The molecule has 162 valence electrons. The summed E-state index contributed by atoms with van der Waals surface area (Å²) in [6, 6.07) is 4.11. The Morgan fingerprint density at radius 1 is 1.40 bits per heavy atom. The SMILES string of the molecule is CC(C)COCCC(=O)NCCN1C(=O)S/C(=C\c2ccc(Cl)c([N+](=O)[O-])c2)C1=O. The number of halogens is 1. The van der Waals surface area contributed by atoms with E-state index < -0.39 is 16.1 Å². The second kappa shape index (κ2) is 11.1. The molecule has 0 saturated carbocycles. The van der Waals surface area contributed by atoms with Gasteiger partial charge in [0.1, 0.15) is 5.02 Å². The third-order valence-corrected chi connectivity index (χ3v) is 5.15. The van der Waals surface area contributed by atoms with E-state index >= 15 is 0 Å². The van der Waals surface area contributed by atoms with Crippen LogP contribution in [0.5, 0.6) is 0 Å². The maximum Gasteiger partial charge on any atom is 0.293 e. The number of benzene rings is 1. The third-order valence-electron chi connectivity index (χ3n) is 3.92. The zero-order chi connectivity index (χ0) is 22.3. The van der Waals surface area contributed by atoms with Crippen molar-refractivity contribution in [3.05, 3.63) is 43.8 Å². The number of rotatable bonds is 10. The molecule has 1 fully saturated rings. The van der Waals surface area contributed by atoms with Crippen LogP contribution < -0.4 is 5.32 Å². The predicted octanol–water partition coefficient (Wildman–Crippen LogP) is 3.46. The highest BCUT2D eigenvalue weighted by Crippen LogP contribution is 2.33. The van der Waals surface area contributed by atoms with Gasteiger partial charge in [0.25, 0.3) is 16.8 Å². The second-order valence-corrected chi connectivity index (χ2v) is 8.27. The molecule has 1 N–H and O–H groups in total. The number of hydrogen-bond donors (Lipinski definition) is 1. The molecule has 0 atom stereocenters. The van der Waals surface area contributed by atoms with Crippen molar-refractivity contribution in [2.75, 3.05) is 26.3 Å². The summed E-state index contributed by atoms with van der Waals surface area (Å²) in [5.74, 6) is -0.356. The highest BCUT2D eigenvalue weighted by molar-refractivity contribution is 8.18. The summed E-state index contributed by atoms with van der Waals surface area (Å²) < 4.78 is 5.34. The topological polar surface area (TPSA) is 119 Å². The number of thioether (sulfide) groups is 1. The van der Waals surface area contributed by atoms with Gasteiger partial charge in [-0.05, 0) is 35.4 Å². The monoisotopic (exact) mass is 455 g/mol. The van der Waals surface area contributed by atoms with Gasteiger partial charge >= 0.3 is 0 Å². The quantitative estimate of drug-likeness (QED) is 0.248. The van der Waals surface area contributed by atoms with Crippen molar-refractivity contribution in [1.82, 2.24) is 10.2 Å². The summed E-state index contributed by atoms with van der Waals surface area (Å²) in [6.45, 7) is 5.06. The number of nitrogens with zero attached hydrogens (tertiary/aromatic N) is 2. The van der Waals surface area contributed by atoms with Gasteiger partial charge in [-0.25, -0.2) is 0 Å². The van der Waals surface area contributed by atoms with Crippen molar-refractivity contribution in [3.8, 4) is 0 Å². The lowest BCUT2D eigenvalue weighted by molar-refractivity contribution is -0.384. The molecule has 1 aliphatic rings. The first kappa shape index (κ1) is 23.8. The van der Waals surface area contributed by atoms with Crippen LogP contribution in [0.4, 0.5) is 10.5 Å². The van der Waals surface area contributed by atoms with Crippen molar-refractivity contribution in [2.24, 2.45) is 5.92 Å². The lowest BCUT2D eigenvalue weighted by Crippen LogP contribution is -2.37. The number of ether oxygens (including phenoxy) is 1. The van der Waals surface area contributed by atoms with E-state index in [4.69, 9.17) is 16.3 Å². The van der Waals surface area contributed by atoms with Gasteiger partial charge in [0.05, 0.1) is 16.4 Å². The molecule has 2 rings (SSSR count). The number of imide groups is 1. The van der Waals surface area contributed by atoms with Gasteiger partial charge in [-0.2, -0.15) is 0 Å². The zero-order valence-corrected chi connectivity index (χ0v) is 18.1. The average molecular weight is 456 g/mol. The van der Waals surface area contributed by atoms with E-state index in [9.17, 15) is 24.5 Å². The highest BCUT2D eigenvalue weighted by atomic mass is 35.5. The molecule has 0 bridgehead atoms. The Balaban J connectivity index is 1.89. The average Bonchev–Trinajstić information content (AvgIpc) is 2.93. The molecule has 1 aromatic carbocycles. The number of hydrogen-bond acceptors (Lipinski definition) is 7. The van der Waals surface area contributed by atoms with Crippen LogP contribution >= 0.6 is 23.4 Å². The molecular weight excluding hydrogens is 434 g/mol. The fraction of sp³-hybridized carbons (Fsp3) is 0.421. The zero-order valence-electron chi connectivity index (χ0n) is 16.6. The van der Waals surface area contributed by atoms with Crippen molar-refractivity contribution >= 4 is 52.2 Å². The molecule has 3 amide bonds. The van der Waals surface area contributed by atoms with Gasteiger partial charge in [0, 0.05) is 32.2 Å². The minimum Gasteiger partial charge on any atom is -0.381 e. The van der Waals surface area contributed by atoms with E-state index in [0.29, 0.717) is 24.7 Å². The normalized spacial score (nSPS) is 15.3. The molecule has 1 aromatic rings. The first-order valence-electron chi connectivity index (χ1n) is 9.22. The van der Waals surface area contributed by atoms with Gasteiger partial charge in [-0.15, -0.1) is 0 Å². The Labute approximate surface area is 182 Å². The molecule has 0 aromatic heterocycles. The van der Waals surface area contributed by atoms with Gasteiger partial charge in [0.2, 0.25) is 5.91 Å². The molecule has 11 heteroatoms. The highest BCUT2D eigenvalue weighted by Gasteiger charge is 2.34. The lowest BCUT2D eigenvalue weighted by Gasteiger charge is -2.13. The summed E-state index contributed by atoms with van der Waals surface area (Å²) in [4.78, 5) is 47.9. The Morgan fingerprint density at radius 3 is 2.80 bits per heavy atom. The van der Waals surface area contributed by atoms with Gasteiger partial charge in [-0.1, -0.05) is 31.5 Å². The molecule has 0 unspecified atom stereocenters. The van der Waals surface area contributed by atoms with E-state index in [1.807, 2.05) is 13.8 Å². The third kappa shape index (κ3) is 6.82. The van der Waals surface area contributed by atoms with Crippen LogP contribution in [0.25, 0.3) is 6.08 Å². The smallest absolute Gasteiger partial charge is 0.293 e. The lowest BCUT2D eigenvalue weighted by atomic mass is 10.2. The number of amides is 3. The van der Waals surface area contributed by atoms with E-state index in [0.717, 1.165) is 16.7 Å². The van der Waals surface area contributed by atoms with Crippen molar-refractivity contribution < 1.29 is 24.0 Å². The number of carbonyl (C=O) groups is 3. The summed E-state index contributed by atoms with van der Waals surface area (Å²) in [5, 5.41) is 13.1. The number of nitro benzene ring substituents is 1. The fourth-order valence-electron chi connectivity index (χ4n) is 2.48. The molecule has 0 aliphatic carbocycles. The first-order chi connectivity index (χ1) is 14.2. The van der Waals surface area contributed by atoms with Crippen LogP contribution in [0.1, 0.15) is 25.8 Å². The van der Waals surface area contributed by atoms with Crippen LogP contribution in [-0.4, -0.2) is 53.2 Å². The number of carbonyl (C=O) groups excluding carboxylic acids is 3. The van der Waals surface area contributed by atoms with E-state index in [1.165, 1.54) is 24.3 Å². The van der Waals surface area contributed by atoms with Gasteiger partial charge in [0.15, 0.2) is 0 Å². The molecule has 30 heavy (non-hydrogen) atoms. The largest absolute Gasteiger partial charge is 0.381 e. The minimum atomic E-state index is -0.623. The van der Waals surface area contributed by atoms with Crippen molar-refractivity contribution in [2.45, 2.75) is 20.3 Å². The maximum absolute atomic E-state index is 12.5. The first-order valence-corrected chi connectivity index (χ1v) is 10.4. The van der Waals surface area contributed by atoms with Crippen molar-refractivity contribution in [1.29, 1.82) is 0 Å². The van der Waals surface area contributed by atoms with E-state index in [-0.39, 0.29) is 41.0 Å². The van der Waals surface area contributed by atoms with E-state index in [1.54, 1.807) is 0 Å². The van der Waals surface area contributed by atoms with Crippen LogP contribution in [0, 0.1) is 16.0 Å². The molecule has 0 spiro atoms. The van der Waals surface area contributed by atoms with Crippen LogP contribution in [0.15, 0.2) is 23.1 Å². The maximum atomic E-state index is 12.5. The van der Waals surface area contributed by atoms with E-state index in [2.05, 4.69) is 5.32 Å². The number of nitrogens with one attached hydrogen (secondary N) is 1. The second-order valence-electron chi connectivity index (χ2n) is 6.87. The van der Waals surface area contributed by atoms with Gasteiger partial charge < -0.3 is 10.1 Å². The summed E-state index contributed by atoms with van der Waals surface area (Å²) in [7, 11) is 0. The molecular formula is C19H22ClN3O6S. The Kier molecular flexibility index (Phi) is 8.82. The predicted molar refractivity (Wildman–Crippen MR) is 114 cm³/mol. The Morgan fingerprint density at radius 2 is 2.13 bits per heavy atom. The Bertz CT molecular complexity index is 874. The fourth-order valence-corrected chi connectivity index (χ4v) is 3.53. The number of nitro groups is 1. The molecule has 0 radical (unpaired) electrons. The summed E-state index contributed by atoms with van der Waals surface area (Å²) in [6.07, 6.45) is 1.60. The van der Waals surface area contributed by atoms with Crippen LogP contribution in [0.3, 0.4) is 0 Å². The van der Waals surface area contributed by atoms with Crippen LogP contribution in [-0.2, 0) is 14.3 Å². The van der Waals surface area contributed by atoms with Crippen LogP contribution in [0.2, 0.25) is 5.02 Å². The summed E-state index contributed by atoms with van der Waals surface area (Å²) in [5.41, 5.74) is 0.0935. The van der Waals surface area contributed by atoms with Gasteiger partial charge in [-0.3, -0.25) is 29.4 Å².